The minimum Gasteiger partial charge on any atom is -0.493 e. The van der Waals surface area contributed by atoms with Crippen molar-refractivity contribution in [3.63, 3.8) is 0 Å². The summed E-state index contributed by atoms with van der Waals surface area (Å²) in [6.07, 6.45) is 12.7. The average molecular weight is 272 g/mol. The first-order valence-corrected chi connectivity index (χ1v) is 7.75. The number of fused-ring (bicyclic) bond motifs is 1. The first-order chi connectivity index (χ1) is 9.83. The fourth-order valence-electron chi connectivity index (χ4n) is 3.77. The van der Waals surface area contributed by atoms with Crippen LogP contribution in [0.25, 0.3) is 0 Å². The van der Waals surface area contributed by atoms with Crippen molar-refractivity contribution in [3.05, 3.63) is 35.4 Å². The summed E-state index contributed by atoms with van der Waals surface area (Å²) >= 11 is 0. The third-order valence-electron chi connectivity index (χ3n) is 4.84. The van der Waals surface area contributed by atoms with Crippen LogP contribution in [0, 0.1) is 5.92 Å². The first kappa shape index (κ1) is 13.5. The van der Waals surface area contributed by atoms with E-state index in [1.54, 1.807) is 14.2 Å². The van der Waals surface area contributed by atoms with Gasteiger partial charge in [0.15, 0.2) is 11.5 Å². The Balaban J connectivity index is 1.96. The van der Waals surface area contributed by atoms with Gasteiger partial charge in [-0.1, -0.05) is 31.4 Å². The van der Waals surface area contributed by atoms with E-state index in [0.717, 1.165) is 23.8 Å². The summed E-state index contributed by atoms with van der Waals surface area (Å²) in [5.41, 5.74) is 2.86. The van der Waals surface area contributed by atoms with Crippen molar-refractivity contribution < 1.29 is 9.47 Å². The Morgan fingerprint density at radius 1 is 0.950 bits per heavy atom. The summed E-state index contributed by atoms with van der Waals surface area (Å²) in [5, 5.41) is 0. The van der Waals surface area contributed by atoms with Crippen molar-refractivity contribution >= 4 is 0 Å². The Morgan fingerprint density at radius 3 is 2.35 bits per heavy atom. The summed E-state index contributed by atoms with van der Waals surface area (Å²) < 4.78 is 10.9. The van der Waals surface area contributed by atoms with Crippen LogP contribution < -0.4 is 9.47 Å². The van der Waals surface area contributed by atoms with Gasteiger partial charge in [-0.2, -0.15) is 0 Å². The van der Waals surface area contributed by atoms with Crippen molar-refractivity contribution in [2.75, 3.05) is 14.2 Å². The molecule has 20 heavy (non-hydrogen) atoms. The second kappa shape index (κ2) is 5.90. The topological polar surface area (TPSA) is 18.5 Å². The molecule has 1 atom stereocenters. The smallest absolute Gasteiger partial charge is 0.161 e. The van der Waals surface area contributed by atoms with E-state index in [1.165, 1.54) is 43.2 Å². The summed E-state index contributed by atoms with van der Waals surface area (Å²) in [6.45, 7) is 0. The number of allylic oxidation sites excluding steroid dienone is 2. The molecule has 0 bridgehead atoms. The highest BCUT2D eigenvalue weighted by molar-refractivity contribution is 5.51. The summed E-state index contributed by atoms with van der Waals surface area (Å²) in [4.78, 5) is 0. The third kappa shape index (κ3) is 2.44. The quantitative estimate of drug-likeness (QED) is 0.755. The number of rotatable bonds is 3. The molecule has 3 rings (SSSR count). The molecule has 2 nitrogen and oxygen atoms in total. The zero-order chi connectivity index (χ0) is 13.9. The van der Waals surface area contributed by atoms with Gasteiger partial charge in [-0.25, -0.2) is 0 Å². The minimum atomic E-state index is 0.568. The summed E-state index contributed by atoms with van der Waals surface area (Å²) in [6, 6.07) is 4.37. The van der Waals surface area contributed by atoms with Crippen LogP contribution in [-0.2, 0) is 6.42 Å². The Bertz CT molecular complexity index is 498. The largest absolute Gasteiger partial charge is 0.493 e. The molecule has 1 aromatic carbocycles. The predicted molar refractivity (Wildman–Crippen MR) is 81.7 cm³/mol. The molecule has 1 saturated carbocycles. The molecule has 0 heterocycles. The summed E-state index contributed by atoms with van der Waals surface area (Å²) in [5.74, 6) is 3.09. The van der Waals surface area contributed by atoms with E-state index in [0.29, 0.717) is 5.92 Å². The molecule has 1 fully saturated rings. The standard InChI is InChI=1S/C18H24O2/c1-19-17-11-14-9-6-10-15(13-7-4-3-5-8-13)16(14)12-18(17)20-2/h6,10-13,15H,3-5,7-9H2,1-2H3/t15-/m1/s1. The Labute approximate surface area is 121 Å². The number of hydrogen-bond donors (Lipinski definition) is 0. The number of benzene rings is 1. The second-order valence-electron chi connectivity index (χ2n) is 5.96. The third-order valence-corrected chi connectivity index (χ3v) is 4.84. The van der Waals surface area contributed by atoms with Gasteiger partial charge in [0.05, 0.1) is 14.2 Å². The van der Waals surface area contributed by atoms with E-state index in [-0.39, 0.29) is 0 Å². The van der Waals surface area contributed by atoms with Gasteiger partial charge in [0, 0.05) is 5.92 Å². The van der Waals surface area contributed by atoms with Crippen molar-refractivity contribution in [2.45, 2.75) is 44.4 Å². The van der Waals surface area contributed by atoms with Crippen LogP contribution in [0.3, 0.4) is 0 Å². The van der Waals surface area contributed by atoms with Gasteiger partial charge >= 0.3 is 0 Å². The van der Waals surface area contributed by atoms with E-state index >= 15 is 0 Å². The number of methoxy groups -OCH3 is 2. The van der Waals surface area contributed by atoms with Crippen molar-refractivity contribution in [1.82, 2.24) is 0 Å². The van der Waals surface area contributed by atoms with Crippen molar-refractivity contribution in [2.24, 2.45) is 5.92 Å². The fourth-order valence-corrected chi connectivity index (χ4v) is 3.77. The lowest BCUT2D eigenvalue weighted by molar-refractivity contribution is 0.326. The molecule has 2 heteroatoms. The van der Waals surface area contributed by atoms with Crippen LogP contribution in [-0.4, -0.2) is 14.2 Å². The molecule has 2 aliphatic rings. The normalized spacial score (nSPS) is 22.4. The molecule has 0 saturated heterocycles. The lowest BCUT2D eigenvalue weighted by atomic mass is 9.73. The molecule has 0 amide bonds. The average Bonchev–Trinajstić information content (AvgIpc) is 2.53. The van der Waals surface area contributed by atoms with E-state index in [1.807, 2.05) is 0 Å². The van der Waals surface area contributed by atoms with Gasteiger partial charge in [0.2, 0.25) is 0 Å². The van der Waals surface area contributed by atoms with Gasteiger partial charge in [0.25, 0.3) is 0 Å². The zero-order valence-electron chi connectivity index (χ0n) is 12.5. The molecule has 0 unspecified atom stereocenters. The number of ether oxygens (including phenoxy) is 2. The Kier molecular flexibility index (Phi) is 4.00. The van der Waals surface area contributed by atoms with Crippen LogP contribution in [0.15, 0.2) is 24.3 Å². The minimum absolute atomic E-state index is 0.568. The van der Waals surface area contributed by atoms with Gasteiger partial charge in [-0.05, 0) is 48.4 Å². The second-order valence-corrected chi connectivity index (χ2v) is 5.96. The molecular formula is C18H24O2. The van der Waals surface area contributed by atoms with Gasteiger partial charge in [-0.15, -0.1) is 0 Å². The van der Waals surface area contributed by atoms with E-state index in [2.05, 4.69) is 24.3 Å². The molecule has 108 valence electrons. The van der Waals surface area contributed by atoms with E-state index in [9.17, 15) is 0 Å². The molecule has 0 aromatic heterocycles. The van der Waals surface area contributed by atoms with Crippen LogP contribution in [0.2, 0.25) is 0 Å². The number of hydrogen-bond acceptors (Lipinski definition) is 2. The molecular weight excluding hydrogens is 248 g/mol. The molecule has 0 spiro atoms. The lowest BCUT2D eigenvalue weighted by Gasteiger charge is -2.32. The van der Waals surface area contributed by atoms with Gasteiger partial charge < -0.3 is 9.47 Å². The maximum atomic E-state index is 5.49. The van der Waals surface area contributed by atoms with Gasteiger partial charge in [-0.3, -0.25) is 0 Å². The Morgan fingerprint density at radius 2 is 1.65 bits per heavy atom. The van der Waals surface area contributed by atoms with E-state index in [4.69, 9.17) is 9.47 Å². The van der Waals surface area contributed by atoms with Crippen molar-refractivity contribution in [3.8, 4) is 11.5 Å². The molecule has 0 N–H and O–H groups in total. The van der Waals surface area contributed by atoms with Crippen LogP contribution >= 0.6 is 0 Å². The highest BCUT2D eigenvalue weighted by atomic mass is 16.5. The zero-order valence-corrected chi connectivity index (χ0v) is 12.5. The maximum absolute atomic E-state index is 5.49. The van der Waals surface area contributed by atoms with E-state index < -0.39 is 0 Å². The fraction of sp³-hybridized carbons (Fsp3) is 0.556. The van der Waals surface area contributed by atoms with Crippen LogP contribution in [0.4, 0.5) is 0 Å². The molecule has 0 radical (unpaired) electrons. The van der Waals surface area contributed by atoms with Gasteiger partial charge in [0.1, 0.15) is 0 Å². The highest BCUT2D eigenvalue weighted by Gasteiger charge is 2.27. The SMILES string of the molecule is COc1cc2c(cc1OC)[C@@H](C1CCCCC1)C=CC2. The summed E-state index contributed by atoms with van der Waals surface area (Å²) in [7, 11) is 3.43. The molecule has 1 aromatic rings. The monoisotopic (exact) mass is 272 g/mol. The lowest BCUT2D eigenvalue weighted by Crippen LogP contribution is -2.18. The molecule has 0 aliphatic heterocycles. The first-order valence-electron chi connectivity index (χ1n) is 7.75. The highest BCUT2D eigenvalue weighted by Crippen LogP contribution is 2.43. The predicted octanol–water partition coefficient (Wildman–Crippen LogP) is 4.48. The maximum Gasteiger partial charge on any atom is 0.161 e. The Hall–Kier alpha value is -1.44. The van der Waals surface area contributed by atoms with Crippen LogP contribution in [0.5, 0.6) is 11.5 Å². The van der Waals surface area contributed by atoms with Crippen LogP contribution in [0.1, 0.15) is 49.1 Å². The van der Waals surface area contributed by atoms with Crippen molar-refractivity contribution in [1.29, 1.82) is 0 Å². The molecule has 2 aliphatic carbocycles.